The molecule has 0 radical (unpaired) electrons. The van der Waals surface area contributed by atoms with Crippen LogP contribution in [0.5, 0.6) is 0 Å². The number of hydrogen-bond acceptors (Lipinski definition) is 4. The van der Waals surface area contributed by atoms with Gasteiger partial charge in [-0.05, 0) is 11.5 Å². The second-order valence-electron chi connectivity index (χ2n) is 4.04. The number of rotatable bonds is 4. The van der Waals surface area contributed by atoms with Gasteiger partial charge in [-0.15, -0.1) is 0 Å². The van der Waals surface area contributed by atoms with Gasteiger partial charge < -0.3 is 16.8 Å². The summed E-state index contributed by atoms with van der Waals surface area (Å²) in [4.78, 5) is 27.2. The summed E-state index contributed by atoms with van der Waals surface area (Å²) >= 11 is 0. The van der Waals surface area contributed by atoms with E-state index >= 15 is 0 Å². The van der Waals surface area contributed by atoms with Crippen molar-refractivity contribution in [2.24, 2.45) is 11.5 Å². The predicted molar refractivity (Wildman–Crippen MR) is 71.2 cm³/mol. The zero-order valence-electron chi connectivity index (χ0n) is 10.2. The molecule has 2 aromatic rings. The molecular weight excluding hydrogens is 244 g/mol. The molecule has 98 valence electrons. The molecule has 0 spiro atoms. The Kier molecular flexibility index (Phi) is 3.72. The van der Waals surface area contributed by atoms with E-state index in [4.69, 9.17) is 11.5 Å². The molecule has 0 unspecified atom stereocenters. The van der Waals surface area contributed by atoms with Crippen LogP contribution >= 0.6 is 0 Å². The largest absolute Gasteiger partial charge is 0.368 e. The first-order valence-corrected chi connectivity index (χ1v) is 5.77. The number of hydrogen-bond donors (Lipinski definition) is 3. The fourth-order valence-corrected chi connectivity index (χ4v) is 1.77. The van der Waals surface area contributed by atoms with E-state index < -0.39 is 17.9 Å². The molecule has 0 aliphatic heterocycles. The van der Waals surface area contributed by atoms with Crippen LogP contribution in [0.4, 0.5) is 0 Å². The summed E-state index contributed by atoms with van der Waals surface area (Å²) < 4.78 is 0. The summed E-state index contributed by atoms with van der Waals surface area (Å²) in [5.74, 6) is -1.14. The van der Waals surface area contributed by atoms with Crippen LogP contribution in [0.1, 0.15) is 10.5 Å². The fourth-order valence-electron chi connectivity index (χ4n) is 1.77. The number of carbonyl (C=O) groups excluding carboxylic acids is 2. The molecule has 1 heterocycles. The average molecular weight is 258 g/mol. The van der Waals surface area contributed by atoms with Gasteiger partial charge in [0.1, 0.15) is 11.7 Å². The molecule has 5 N–H and O–H groups in total. The van der Waals surface area contributed by atoms with Crippen molar-refractivity contribution in [1.82, 2.24) is 10.3 Å². The van der Waals surface area contributed by atoms with Crippen LogP contribution in [-0.2, 0) is 4.79 Å². The Morgan fingerprint density at radius 1 is 1.26 bits per heavy atom. The van der Waals surface area contributed by atoms with E-state index in [2.05, 4.69) is 10.3 Å². The van der Waals surface area contributed by atoms with Gasteiger partial charge in [0.25, 0.3) is 5.91 Å². The smallest absolute Gasteiger partial charge is 0.271 e. The molecule has 0 fully saturated rings. The maximum atomic E-state index is 12.1. The second-order valence-corrected chi connectivity index (χ2v) is 4.04. The molecule has 6 heteroatoms. The van der Waals surface area contributed by atoms with Crippen molar-refractivity contribution in [1.29, 1.82) is 0 Å². The second kappa shape index (κ2) is 5.45. The number of aromatic nitrogens is 1. The summed E-state index contributed by atoms with van der Waals surface area (Å²) in [5, 5.41) is 4.08. The predicted octanol–water partition coefficient (Wildman–Crippen LogP) is -0.223. The highest BCUT2D eigenvalue weighted by Gasteiger charge is 2.19. The molecule has 6 nitrogen and oxygen atoms in total. The highest BCUT2D eigenvalue weighted by Crippen LogP contribution is 2.16. The number of carbonyl (C=O) groups is 2. The molecule has 2 rings (SSSR count). The maximum Gasteiger partial charge on any atom is 0.271 e. The Hall–Kier alpha value is -2.47. The van der Waals surface area contributed by atoms with Gasteiger partial charge in [-0.2, -0.15) is 0 Å². The van der Waals surface area contributed by atoms with Crippen molar-refractivity contribution in [3.05, 3.63) is 42.2 Å². The summed E-state index contributed by atoms with van der Waals surface area (Å²) in [7, 11) is 0. The summed E-state index contributed by atoms with van der Waals surface area (Å²) in [6.45, 7) is -0.0498. The highest BCUT2D eigenvalue weighted by molar-refractivity contribution is 6.06. The topological polar surface area (TPSA) is 111 Å². The Bertz CT molecular complexity index is 622. The van der Waals surface area contributed by atoms with Crippen molar-refractivity contribution < 1.29 is 9.59 Å². The van der Waals surface area contributed by atoms with Gasteiger partial charge in [0.05, 0.1) is 0 Å². The summed E-state index contributed by atoms with van der Waals surface area (Å²) in [5.41, 5.74) is 10.8. The maximum absolute atomic E-state index is 12.1. The van der Waals surface area contributed by atoms with Crippen LogP contribution < -0.4 is 16.8 Å². The Labute approximate surface area is 109 Å². The standard InChI is InChI=1S/C13H14N4O2/c14-7-10(12(15)18)17-13(19)11-9-4-2-1-3-8(9)5-6-16-11/h1-6,10H,7,14H2,(H2,15,18)(H,17,19)/t10-/m0/s1. The van der Waals surface area contributed by atoms with E-state index in [9.17, 15) is 9.59 Å². The lowest BCUT2D eigenvalue weighted by Crippen LogP contribution is -2.49. The van der Waals surface area contributed by atoms with Gasteiger partial charge in [0, 0.05) is 18.1 Å². The van der Waals surface area contributed by atoms with Crippen molar-refractivity contribution >= 4 is 22.6 Å². The van der Waals surface area contributed by atoms with E-state index in [1.165, 1.54) is 0 Å². The molecule has 0 aliphatic carbocycles. The molecule has 0 aliphatic rings. The van der Waals surface area contributed by atoms with Crippen LogP contribution in [-0.4, -0.2) is 29.4 Å². The van der Waals surface area contributed by atoms with E-state index in [0.29, 0.717) is 5.39 Å². The van der Waals surface area contributed by atoms with Crippen molar-refractivity contribution in [3.8, 4) is 0 Å². The molecule has 0 saturated carbocycles. The molecular formula is C13H14N4O2. The number of amides is 2. The van der Waals surface area contributed by atoms with Gasteiger partial charge in [-0.25, -0.2) is 0 Å². The third-order valence-corrected chi connectivity index (χ3v) is 2.77. The van der Waals surface area contributed by atoms with Gasteiger partial charge in [-0.1, -0.05) is 24.3 Å². The first kappa shape index (κ1) is 13.0. The van der Waals surface area contributed by atoms with Gasteiger partial charge >= 0.3 is 0 Å². The van der Waals surface area contributed by atoms with E-state index in [-0.39, 0.29) is 12.2 Å². The van der Waals surface area contributed by atoms with Gasteiger partial charge in [0.15, 0.2) is 0 Å². The average Bonchev–Trinajstić information content (AvgIpc) is 2.43. The number of pyridine rings is 1. The molecule has 2 amide bonds. The number of nitrogens with one attached hydrogen (secondary N) is 1. The van der Waals surface area contributed by atoms with Crippen molar-refractivity contribution in [2.75, 3.05) is 6.54 Å². The Morgan fingerprint density at radius 3 is 2.68 bits per heavy atom. The van der Waals surface area contributed by atoms with Crippen LogP contribution in [0.15, 0.2) is 36.5 Å². The fraction of sp³-hybridized carbons (Fsp3) is 0.154. The quantitative estimate of drug-likeness (QED) is 0.703. The van der Waals surface area contributed by atoms with Crippen molar-refractivity contribution in [3.63, 3.8) is 0 Å². The molecule has 1 aromatic carbocycles. The minimum atomic E-state index is -0.895. The highest BCUT2D eigenvalue weighted by atomic mass is 16.2. The lowest BCUT2D eigenvalue weighted by molar-refractivity contribution is -0.119. The van der Waals surface area contributed by atoms with E-state index in [1.54, 1.807) is 18.3 Å². The monoisotopic (exact) mass is 258 g/mol. The SMILES string of the molecule is NC[C@H](NC(=O)c1nccc2ccccc12)C(N)=O. The third kappa shape index (κ3) is 2.69. The zero-order chi connectivity index (χ0) is 13.8. The third-order valence-electron chi connectivity index (χ3n) is 2.77. The number of fused-ring (bicyclic) bond motifs is 1. The van der Waals surface area contributed by atoms with Gasteiger partial charge in [-0.3, -0.25) is 14.6 Å². The van der Waals surface area contributed by atoms with Crippen LogP contribution in [0, 0.1) is 0 Å². The molecule has 0 bridgehead atoms. The molecule has 19 heavy (non-hydrogen) atoms. The number of benzene rings is 1. The first-order chi connectivity index (χ1) is 9.13. The van der Waals surface area contributed by atoms with Crippen LogP contribution in [0.3, 0.4) is 0 Å². The number of nitrogens with two attached hydrogens (primary N) is 2. The summed E-state index contributed by atoms with van der Waals surface area (Å²) in [6.07, 6.45) is 1.54. The first-order valence-electron chi connectivity index (χ1n) is 5.77. The summed E-state index contributed by atoms with van der Waals surface area (Å²) in [6, 6.07) is 8.26. The Balaban J connectivity index is 2.34. The normalized spacial score (nSPS) is 12.1. The molecule has 1 aromatic heterocycles. The lowest BCUT2D eigenvalue weighted by atomic mass is 10.1. The Morgan fingerprint density at radius 2 is 2.00 bits per heavy atom. The van der Waals surface area contributed by atoms with Crippen LogP contribution in [0.25, 0.3) is 10.8 Å². The minimum Gasteiger partial charge on any atom is -0.368 e. The number of nitrogens with zero attached hydrogens (tertiary/aromatic N) is 1. The lowest BCUT2D eigenvalue weighted by Gasteiger charge is -2.13. The molecule has 1 atom stereocenters. The van der Waals surface area contributed by atoms with Gasteiger partial charge in [0.2, 0.25) is 5.91 Å². The molecule has 0 saturated heterocycles. The number of primary amides is 1. The van der Waals surface area contributed by atoms with E-state index in [1.807, 2.05) is 18.2 Å². The zero-order valence-corrected chi connectivity index (χ0v) is 10.2. The van der Waals surface area contributed by atoms with E-state index in [0.717, 1.165) is 5.39 Å². The minimum absolute atomic E-state index is 0.0498. The van der Waals surface area contributed by atoms with Crippen LogP contribution in [0.2, 0.25) is 0 Å². The van der Waals surface area contributed by atoms with Crippen molar-refractivity contribution in [2.45, 2.75) is 6.04 Å².